The van der Waals surface area contributed by atoms with Gasteiger partial charge in [0.25, 0.3) is 0 Å². The van der Waals surface area contributed by atoms with E-state index < -0.39 is 30.6 Å². The number of hydrogen-bond acceptors (Lipinski definition) is 2. The van der Waals surface area contributed by atoms with Gasteiger partial charge < -0.3 is 0 Å². The second kappa shape index (κ2) is 9.35. The van der Waals surface area contributed by atoms with Gasteiger partial charge in [-0.3, -0.25) is 0 Å². The smallest absolute Gasteiger partial charge is 0.169 e. The van der Waals surface area contributed by atoms with Gasteiger partial charge in [-0.25, -0.2) is 17.6 Å². The van der Waals surface area contributed by atoms with Crippen LogP contribution in [0.5, 0.6) is 0 Å². The molecule has 0 bridgehead atoms. The van der Waals surface area contributed by atoms with Crippen molar-refractivity contribution in [2.45, 2.75) is 42.9 Å². The lowest BCUT2D eigenvalue weighted by molar-refractivity contribution is 0.132. The molecule has 7 unspecified atom stereocenters. The van der Waals surface area contributed by atoms with E-state index in [2.05, 4.69) is 12.1 Å². The Morgan fingerprint density at radius 2 is 1.61 bits per heavy atom. The maximum Gasteiger partial charge on any atom is 0.169 e. The van der Waals surface area contributed by atoms with Crippen LogP contribution in [-0.4, -0.2) is 6.17 Å². The van der Waals surface area contributed by atoms with E-state index in [1.165, 1.54) is 22.7 Å². The summed E-state index contributed by atoms with van der Waals surface area (Å²) in [5.74, 6) is -0.279. The third-order valence-corrected chi connectivity index (χ3v) is 10.5. The summed E-state index contributed by atoms with van der Waals surface area (Å²) in [6.07, 6.45) is 5.16. The molecule has 3 aliphatic rings. The fourth-order valence-corrected chi connectivity index (χ4v) is 8.59. The topological polar surface area (TPSA) is 0 Å². The predicted molar refractivity (Wildman–Crippen MR) is 149 cm³/mol. The monoisotopic (exact) mass is 548 g/mol. The molecule has 0 amide bonds. The van der Waals surface area contributed by atoms with Crippen molar-refractivity contribution >= 4 is 38.8 Å². The zero-order valence-corrected chi connectivity index (χ0v) is 21.9. The van der Waals surface area contributed by atoms with E-state index in [0.29, 0.717) is 21.7 Å². The lowest BCUT2D eigenvalue weighted by atomic mass is 9.64. The van der Waals surface area contributed by atoms with Crippen molar-refractivity contribution in [3.63, 3.8) is 0 Å². The summed E-state index contributed by atoms with van der Waals surface area (Å²) in [6, 6.07) is 16.0. The van der Waals surface area contributed by atoms with Gasteiger partial charge in [-0.2, -0.15) is 0 Å². The highest BCUT2D eigenvalue weighted by Gasteiger charge is 2.43. The number of hydrogen-bond donors (Lipinski definition) is 0. The Balaban J connectivity index is 1.18. The fraction of sp³-hybridized carbons (Fsp3) is 0.250. The van der Waals surface area contributed by atoms with Crippen molar-refractivity contribution in [3.05, 3.63) is 122 Å². The summed E-state index contributed by atoms with van der Waals surface area (Å²) >= 11 is 2.69. The molecular weight excluding hydrogens is 524 g/mol. The molecule has 2 heterocycles. The molecule has 7 atom stereocenters. The minimum Gasteiger partial charge on any atom is -0.243 e. The van der Waals surface area contributed by atoms with Crippen LogP contribution in [0.2, 0.25) is 0 Å². The van der Waals surface area contributed by atoms with Gasteiger partial charge in [0.15, 0.2) is 18.5 Å². The van der Waals surface area contributed by atoms with Gasteiger partial charge in [-0.15, -0.1) is 22.7 Å². The summed E-state index contributed by atoms with van der Waals surface area (Å²) in [4.78, 5) is 1.86. The van der Waals surface area contributed by atoms with E-state index >= 15 is 13.2 Å². The third-order valence-electron chi connectivity index (χ3n) is 8.00. The van der Waals surface area contributed by atoms with Crippen LogP contribution >= 0.6 is 22.7 Å². The minimum absolute atomic E-state index is 0.0787. The zero-order valence-electron chi connectivity index (χ0n) is 20.2. The van der Waals surface area contributed by atoms with Gasteiger partial charge >= 0.3 is 0 Å². The highest BCUT2D eigenvalue weighted by molar-refractivity contribution is 7.19. The molecule has 0 fully saturated rings. The van der Waals surface area contributed by atoms with Gasteiger partial charge in [0.1, 0.15) is 6.17 Å². The average molecular weight is 549 g/mol. The maximum absolute atomic E-state index is 15.3. The summed E-state index contributed by atoms with van der Waals surface area (Å²) in [5, 5.41) is 0.925. The van der Waals surface area contributed by atoms with Crippen LogP contribution in [-0.2, 0) is 0 Å². The van der Waals surface area contributed by atoms with Gasteiger partial charge in [0.2, 0.25) is 0 Å². The van der Waals surface area contributed by atoms with E-state index in [-0.39, 0.29) is 11.8 Å². The van der Waals surface area contributed by atoms with Gasteiger partial charge in [0, 0.05) is 37.1 Å². The molecule has 0 aliphatic heterocycles. The van der Waals surface area contributed by atoms with Gasteiger partial charge in [-0.05, 0) is 46.2 Å². The second-order valence-corrected chi connectivity index (χ2v) is 12.4. The van der Waals surface area contributed by atoms with E-state index in [0.717, 1.165) is 31.7 Å². The molecule has 0 N–H and O–H groups in total. The predicted octanol–water partition coefficient (Wildman–Crippen LogP) is 10.4. The Morgan fingerprint density at radius 3 is 2.39 bits per heavy atom. The Kier molecular flexibility index (Phi) is 5.93. The van der Waals surface area contributed by atoms with Crippen LogP contribution in [0.4, 0.5) is 17.6 Å². The number of alkyl halides is 4. The van der Waals surface area contributed by atoms with Crippen LogP contribution in [0.3, 0.4) is 0 Å². The molecular formula is C32H24F4S2. The number of allylic oxidation sites excluding steroid dienone is 5. The Morgan fingerprint density at radius 1 is 0.789 bits per heavy atom. The average Bonchev–Trinajstić information content (AvgIpc) is 3.57. The largest absolute Gasteiger partial charge is 0.243 e. The Labute approximate surface area is 226 Å². The molecule has 0 saturated heterocycles. The van der Waals surface area contributed by atoms with E-state index in [1.807, 2.05) is 24.3 Å². The zero-order chi connectivity index (χ0) is 26.0. The van der Waals surface area contributed by atoms with E-state index in [9.17, 15) is 4.39 Å². The first-order valence-electron chi connectivity index (χ1n) is 12.8. The first kappa shape index (κ1) is 24.1. The molecule has 0 radical (unpaired) electrons. The van der Waals surface area contributed by atoms with Crippen LogP contribution in [0.25, 0.3) is 16.2 Å². The molecule has 2 aromatic carbocycles. The van der Waals surface area contributed by atoms with Crippen molar-refractivity contribution in [1.82, 2.24) is 0 Å². The molecule has 2 aromatic heterocycles. The maximum atomic E-state index is 15.3. The van der Waals surface area contributed by atoms with Gasteiger partial charge in [-0.1, -0.05) is 78.9 Å². The summed E-state index contributed by atoms with van der Waals surface area (Å²) < 4.78 is 61.6. The molecule has 6 heteroatoms. The Bertz CT molecular complexity index is 1590. The number of rotatable bonds is 6. The fourth-order valence-electron chi connectivity index (χ4n) is 6.00. The van der Waals surface area contributed by atoms with Crippen LogP contribution in [0.1, 0.15) is 73.7 Å². The number of benzene rings is 2. The van der Waals surface area contributed by atoms with E-state index in [1.54, 1.807) is 54.6 Å². The highest BCUT2D eigenvalue weighted by Crippen LogP contribution is 2.60. The molecule has 38 heavy (non-hydrogen) atoms. The highest BCUT2D eigenvalue weighted by atomic mass is 32.1. The third kappa shape index (κ3) is 3.76. The lowest BCUT2D eigenvalue weighted by Crippen LogP contribution is -2.25. The van der Waals surface area contributed by atoms with Crippen molar-refractivity contribution < 1.29 is 17.6 Å². The van der Waals surface area contributed by atoms with Crippen LogP contribution in [0, 0.1) is 5.92 Å². The summed E-state index contributed by atoms with van der Waals surface area (Å²) in [6.45, 7) is 0. The van der Waals surface area contributed by atoms with Crippen LogP contribution < -0.4 is 0 Å². The van der Waals surface area contributed by atoms with Crippen molar-refractivity contribution in [2.24, 2.45) is 5.92 Å². The molecule has 0 saturated carbocycles. The summed E-state index contributed by atoms with van der Waals surface area (Å²) in [5.41, 5.74) is 3.55. The lowest BCUT2D eigenvalue weighted by Gasteiger charge is -2.40. The van der Waals surface area contributed by atoms with Crippen LogP contribution in [0.15, 0.2) is 85.0 Å². The van der Waals surface area contributed by atoms with E-state index in [4.69, 9.17) is 0 Å². The molecule has 4 aromatic rings. The van der Waals surface area contributed by atoms with Crippen molar-refractivity contribution in [1.29, 1.82) is 0 Å². The molecule has 0 spiro atoms. The Hall–Kier alpha value is -2.96. The minimum atomic E-state index is -1.73. The number of fused-ring (bicyclic) bond motifs is 8. The SMILES string of the molecule is FC(c1ccccc1)C(F)c1cc2c(s1)C1c3ccc4cc(C(F)C(F)C5C=CC=CC5)sc4c3C1C=C2. The first-order valence-corrected chi connectivity index (χ1v) is 14.5. The number of halogens is 4. The summed E-state index contributed by atoms with van der Waals surface area (Å²) in [7, 11) is 0. The normalized spacial score (nSPS) is 24.3. The second-order valence-electron chi connectivity index (χ2n) is 10.2. The molecule has 7 rings (SSSR count). The molecule has 3 aliphatic carbocycles. The molecule has 192 valence electrons. The quantitative estimate of drug-likeness (QED) is 0.210. The van der Waals surface area contributed by atoms with Crippen molar-refractivity contribution in [3.8, 4) is 0 Å². The standard InChI is InChI=1S/C32H24F4S2/c33-27(17-7-3-1-4-8-17)29(35)23-15-19-11-13-21-25(31(19)37-23)22-14-12-20-16-24(38-32(20)26(21)22)30(36)28(34)18-9-5-2-6-10-18/h1-9,11-16,18,21,25,27-30H,10H2. The number of thiophene rings is 2. The van der Waals surface area contributed by atoms with Crippen molar-refractivity contribution in [2.75, 3.05) is 0 Å². The first-order chi connectivity index (χ1) is 18.5. The molecule has 0 nitrogen and oxygen atoms in total. The van der Waals surface area contributed by atoms with Gasteiger partial charge in [0.05, 0.1) is 0 Å².